The van der Waals surface area contributed by atoms with E-state index in [2.05, 4.69) is 10.6 Å². The molecule has 1 fully saturated rings. The average Bonchev–Trinajstić information content (AvgIpc) is 2.83. The number of nitrogens with one attached hydrogen (secondary N) is 2. The number of thiocarbonyl (C=S) groups is 1. The first-order valence-corrected chi connectivity index (χ1v) is 11.8. The predicted octanol–water partition coefficient (Wildman–Crippen LogP) is 5.16. The van der Waals surface area contributed by atoms with Crippen LogP contribution >= 0.6 is 23.8 Å². The van der Waals surface area contributed by atoms with Crippen molar-refractivity contribution in [1.82, 2.24) is 5.32 Å². The first-order chi connectivity index (χ1) is 16.8. The van der Waals surface area contributed by atoms with E-state index in [1.807, 2.05) is 42.2 Å². The molecule has 9 heteroatoms. The number of carbonyl (C=O) groups is 1. The van der Waals surface area contributed by atoms with Crippen LogP contribution in [0.4, 0.5) is 11.4 Å². The second kappa shape index (κ2) is 8.94. The van der Waals surface area contributed by atoms with Crippen LogP contribution in [0.3, 0.4) is 0 Å². The molecule has 0 saturated carbocycles. The van der Waals surface area contributed by atoms with Gasteiger partial charge in [0, 0.05) is 22.0 Å². The summed E-state index contributed by atoms with van der Waals surface area (Å²) in [6.07, 6.45) is 0. The lowest BCUT2D eigenvalue weighted by atomic mass is 9.78. The Morgan fingerprint density at radius 3 is 2.49 bits per heavy atom. The molecule has 3 atom stereocenters. The maximum atomic E-state index is 13.9. The molecule has 3 aromatic rings. The number of anilines is 2. The Morgan fingerprint density at radius 2 is 1.80 bits per heavy atom. The number of nitrogens with zero attached hydrogens (tertiary/aromatic N) is 1. The first-order valence-electron chi connectivity index (χ1n) is 11.0. The third-order valence-corrected chi connectivity index (χ3v) is 6.95. The van der Waals surface area contributed by atoms with E-state index in [1.54, 1.807) is 50.6 Å². The van der Waals surface area contributed by atoms with E-state index in [0.29, 0.717) is 33.1 Å². The van der Waals surface area contributed by atoms with Crippen LogP contribution in [0.2, 0.25) is 5.02 Å². The summed E-state index contributed by atoms with van der Waals surface area (Å²) in [6.45, 7) is 1.87. The van der Waals surface area contributed by atoms with Crippen LogP contribution in [0, 0.1) is 5.92 Å². The predicted molar refractivity (Wildman–Crippen MR) is 140 cm³/mol. The van der Waals surface area contributed by atoms with Gasteiger partial charge in [-0.05, 0) is 79.8 Å². The van der Waals surface area contributed by atoms with Crippen LogP contribution in [0.5, 0.6) is 17.2 Å². The molecule has 5 rings (SSSR count). The minimum absolute atomic E-state index is 0.224. The Bertz CT molecular complexity index is 1300. The molecule has 7 nitrogen and oxygen atoms in total. The van der Waals surface area contributed by atoms with Crippen molar-refractivity contribution in [2.75, 3.05) is 24.4 Å². The van der Waals surface area contributed by atoms with Gasteiger partial charge < -0.3 is 24.8 Å². The summed E-state index contributed by atoms with van der Waals surface area (Å²) in [5.41, 5.74) is 1.02. The Balaban J connectivity index is 1.60. The molecule has 1 amide bonds. The van der Waals surface area contributed by atoms with Crippen molar-refractivity contribution in [3.8, 4) is 17.2 Å². The molecule has 3 unspecified atom stereocenters. The molecule has 2 bridgehead atoms. The van der Waals surface area contributed by atoms with Crippen molar-refractivity contribution in [2.24, 2.45) is 5.92 Å². The van der Waals surface area contributed by atoms with E-state index in [-0.39, 0.29) is 5.91 Å². The summed E-state index contributed by atoms with van der Waals surface area (Å²) in [5, 5.41) is 7.40. The van der Waals surface area contributed by atoms with Crippen LogP contribution in [0.15, 0.2) is 66.7 Å². The molecular formula is C26H24ClN3O4S. The number of hydrogen-bond acceptors (Lipinski definition) is 5. The summed E-state index contributed by atoms with van der Waals surface area (Å²) in [4.78, 5) is 15.7. The van der Waals surface area contributed by atoms with Gasteiger partial charge in [-0.15, -0.1) is 0 Å². The fourth-order valence-electron chi connectivity index (χ4n) is 4.79. The quantitative estimate of drug-likeness (QED) is 0.460. The zero-order chi connectivity index (χ0) is 24.7. The maximum Gasteiger partial charge on any atom is 0.236 e. The highest BCUT2D eigenvalue weighted by Gasteiger charge is 2.59. The van der Waals surface area contributed by atoms with E-state index in [0.717, 1.165) is 11.3 Å². The van der Waals surface area contributed by atoms with Gasteiger partial charge in [-0.1, -0.05) is 17.7 Å². The molecule has 2 heterocycles. The normalized spacial score (nSPS) is 22.4. The molecule has 180 valence electrons. The molecule has 0 aliphatic carbocycles. The number of fused-ring (bicyclic) bond motifs is 4. The fourth-order valence-corrected chi connectivity index (χ4v) is 5.39. The molecule has 1 saturated heterocycles. The number of amides is 1. The van der Waals surface area contributed by atoms with Crippen molar-refractivity contribution in [1.29, 1.82) is 0 Å². The van der Waals surface area contributed by atoms with E-state index in [9.17, 15) is 4.79 Å². The van der Waals surface area contributed by atoms with Crippen molar-refractivity contribution < 1.29 is 19.0 Å². The average molecular weight is 510 g/mol. The van der Waals surface area contributed by atoms with Crippen molar-refractivity contribution in [2.45, 2.75) is 18.7 Å². The number of methoxy groups -OCH3 is 2. The van der Waals surface area contributed by atoms with E-state index in [4.69, 9.17) is 38.0 Å². The lowest BCUT2D eigenvalue weighted by Crippen LogP contribution is -2.72. The zero-order valence-corrected chi connectivity index (χ0v) is 20.9. The molecule has 35 heavy (non-hydrogen) atoms. The van der Waals surface area contributed by atoms with Crippen LogP contribution in [-0.4, -0.2) is 31.0 Å². The number of halogens is 1. The van der Waals surface area contributed by atoms with Gasteiger partial charge in [0.15, 0.2) is 10.8 Å². The van der Waals surface area contributed by atoms with Crippen molar-refractivity contribution >= 4 is 46.2 Å². The lowest BCUT2D eigenvalue weighted by molar-refractivity contribution is -0.130. The second-order valence-electron chi connectivity index (χ2n) is 8.50. The minimum Gasteiger partial charge on any atom is -0.497 e. The molecular weight excluding hydrogens is 486 g/mol. The number of ether oxygens (including phenoxy) is 3. The molecule has 0 radical (unpaired) electrons. The number of hydrogen-bond donors (Lipinski definition) is 2. The third-order valence-electron chi connectivity index (χ3n) is 6.41. The highest BCUT2D eigenvalue weighted by Crippen LogP contribution is 2.50. The van der Waals surface area contributed by atoms with Crippen molar-refractivity contribution in [3.05, 3.63) is 77.3 Å². The number of carbonyl (C=O) groups excluding carboxylic acids is 1. The summed E-state index contributed by atoms with van der Waals surface area (Å²) in [6, 6.07) is 19.6. The highest BCUT2D eigenvalue weighted by atomic mass is 35.5. The monoisotopic (exact) mass is 509 g/mol. The van der Waals surface area contributed by atoms with Crippen LogP contribution in [0.25, 0.3) is 0 Å². The van der Waals surface area contributed by atoms with E-state index >= 15 is 0 Å². The van der Waals surface area contributed by atoms with Gasteiger partial charge in [-0.2, -0.15) is 0 Å². The zero-order valence-electron chi connectivity index (χ0n) is 19.4. The van der Waals surface area contributed by atoms with E-state index in [1.165, 1.54) is 0 Å². The summed E-state index contributed by atoms with van der Waals surface area (Å²) < 4.78 is 17.3. The molecule has 2 aliphatic rings. The standard InChI is InChI=1S/C26H24ClN3O4S/c1-26-22(24(31)28-16-7-9-18(32-2)10-8-16)23(20-14-19(33-3)11-12-21(20)34-26)29-25(35)30(26)17-6-4-5-15(27)13-17/h4-14,22-23H,1-3H3,(H,28,31)(H,29,35). The summed E-state index contributed by atoms with van der Waals surface area (Å²) >= 11 is 12.1. The van der Waals surface area contributed by atoms with Gasteiger partial charge in [0.1, 0.15) is 23.2 Å². The van der Waals surface area contributed by atoms with Crippen molar-refractivity contribution in [3.63, 3.8) is 0 Å². The van der Waals surface area contributed by atoms with Gasteiger partial charge in [-0.25, -0.2) is 0 Å². The van der Waals surface area contributed by atoms with Gasteiger partial charge in [-0.3, -0.25) is 9.69 Å². The lowest BCUT2D eigenvalue weighted by Gasteiger charge is -2.56. The summed E-state index contributed by atoms with van der Waals surface area (Å²) in [7, 11) is 3.20. The molecule has 2 aliphatic heterocycles. The van der Waals surface area contributed by atoms with Crippen LogP contribution < -0.4 is 29.7 Å². The summed E-state index contributed by atoms with van der Waals surface area (Å²) in [5.74, 6) is 1.10. The van der Waals surface area contributed by atoms with Gasteiger partial charge in [0.2, 0.25) is 5.91 Å². The minimum atomic E-state index is -1.14. The molecule has 0 aromatic heterocycles. The Kier molecular flexibility index (Phi) is 5.94. The second-order valence-corrected chi connectivity index (χ2v) is 9.32. The number of rotatable bonds is 5. The maximum absolute atomic E-state index is 13.9. The fraction of sp³-hybridized carbons (Fsp3) is 0.231. The van der Waals surface area contributed by atoms with Gasteiger partial charge >= 0.3 is 0 Å². The smallest absolute Gasteiger partial charge is 0.236 e. The largest absolute Gasteiger partial charge is 0.497 e. The third kappa shape index (κ3) is 4.02. The Morgan fingerprint density at radius 1 is 1.09 bits per heavy atom. The van der Waals surface area contributed by atoms with Crippen LogP contribution in [0.1, 0.15) is 18.5 Å². The van der Waals surface area contributed by atoms with Gasteiger partial charge in [0.25, 0.3) is 0 Å². The van der Waals surface area contributed by atoms with Gasteiger partial charge in [0.05, 0.1) is 20.3 Å². The number of benzene rings is 3. The molecule has 3 aromatic carbocycles. The first kappa shape index (κ1) is 23.3. The molecule has 0 spiro atoms. The Hall–Kier alpha value is -3.49. The molecule has 2 N–H and O–H groups in total. The highest BCUT2D eigenvalue weighted by molar-refractivity contribution is 7.80. The topological polar surface area (TPSA) is 72.1 Å². The van der Waals surface area contributed by atoms with E-state index < -0.39 is 17.7 Å². The SMILES string of the molecule is COc1ccc(NC(=O)C2C3NC(=S)N(c4cccc(Cl)c4)C2(C)Oc2ccc(OC)cc23)cc1. The van der Waals surface area contributed by atoms with Crippen LogP contribution in [-0.2, 0) is 4.79 Å². The Labute approximate surface area is 213 Å².